The lowest BCUT2D eigenvalue weighted by atomic mass is 10.0. The van der Waals surface area contributed by atoms with Crippen LogP contribution in [0.5, 0.6) is 5.88 Å². The van der Waals surface area contributed by atoms with Gasteiger partial charge < -0.3 is 9.72 Å². The van der Waals surface area contributed by atoms with E-state index in [0.717, 1.165) is 27.7 Å². The molecule has 6 heteroatoms. The molecule has 4 rings (SSSR count). The van der Waals surface area contributed by atoms with Crippen molar-refractivity contribution in [2.24, 2.45) is 0 Å². The Bertz CT molecular complexity index is 1110. The van der Waals surface area contributed by atoms with Gasteiger partial charge in [-0.15, -0.1) is 0 Å². The fraction of sp³-hybridized carbons (Fsp3) is 0.190. The Morgan fingerprint density at radius 2 is 1.96 bits per heavy atom. The minimum Gasteiger partial charge on any atom is -0.481 e. The Morgan fingerprint density at radius 1 is 1.07 bits per heavy atom. The van der Waals surface area contributed by atoms with Gasteiger partial charge in [-0.05, 0) is 41.8 Å². The van der Waals surface area contributed by atoms with Crippen LogP contribution in [0.4, 0.5) is 4.39 Å². The van der Waals surface area contributed by atoms with E-state index >= 15 is 0 Å². The van der Waals surface area contributed by atoms with Crippen LogP contribution in [0.1, 0.15) is 27.9 Å². The zero-order chi connectivity index (χ0) is 18.8. The van der Waals surface area contributed by atoms with Crippen molar-refractivity contribution in [1.29, 1.82) is 0 Å². The van der Waals surface area contributed by atoms with E-state index < -0.39 is 5.95 Å². The summed E-state index contributed by atoms with van der Waals surface area (Å²) in [5, 5.41) is 1.02. The number of H-pyrrole nitrogens is 1. The maximum atomic E-state index is 14.6. The summed E-state index contributed by atoms with van der Waals surface area (Å²) in [5.74, 6) is 0.0938. The Labute approximate surface area is 156 Å². The number of aryl methyl sites for hydroxylation is 1. The molecule has 0 atom stereocenters. The summed E-state index contributed by atoms with van der Waals surface area (Å²) in [6, 6.07) is 9.43. The number of ether oxygens (including phenoxy) is 1. The summed E-state index contributed by atoms with van der Waals surface area (Å²) in [6.45, 7) is 1.99. The van der Waals surface area contributed by atoms with Crippen LogP contribution in [-0.2, 0) is 12.8 Å². The monoisotopic (exact) mass is 362 g/mol. The number of hydrogen-bond acceptors (Lipinski definition) is 4. The molecule has 0 aliphatic rings. The van der Waals surface area contributed by atoms with Gasteiger partial charge in [-0.25, -0.2) is 15.0 Å². The predicted octanol–water partition coefficient (Wildman–Crippen LogP) is 3.99. The first kappa shape index (κ1) is 17.1. The second-order valence-corrected chi connectivity index (χ2v) is 6.54. The summed E-state index contributed by atoms with van der Waals surface area (Å²) >= 11 is 0. The van der Waals surface area contributed by atoms with E-state index in [1.807, 2.05) is 37.5 Å². The number of rotatable bonds is 5. The molecule has 0 bridgehead atoms. The van der Waals surface area contributed by atoms with E-state index in [1.54, 1.807) is 19.4 Å². The fourth-order valence-electron chi connectivity index (χ4n) is 3.13. The quantitative estimate of drug-likeness (QED) is 0.545. The molecule has 0 saturated heterocycles. The van der Waals surface area contributed by atoms with E-state index in [4.69, 9.17) is 4.74 Å². The van der Waals surface area contributed by atoms with Gasteiger partial charge in [-0.2, -0.15) is 4.39 Å². The molecule has 1 N–H and O–H groups in total. The van der Waals surface area contributed by atoms with Crippen molar-refractivity contribution in [1.82, 2.24) is 19.9 Å². The van der Waals surface area contributed by atoms with Gasteiger partial charge >= 0.3 is 0 Å². The third-order valence-corrected chi connectivity index (χ3v) is 4.51. The number of hydrogen-bond donors (Lipinski definition) is 1. The molecule has 0 radical (unpaired) electrons. The number of nitrogens with zero attached hydrogens (tertiary/aromatic N) is 3. The van der Waals surface area contributed by atoms with Crippen LogP contribution in [0.25, 0.3) is 11.0 Å². The molecular weight excluding hydrogens is 343 g/mol. The van der Waals surface area contributed by atoms with Gasteiger partial charge in [-0.1, -0.05) is 6.07 Å². The van der Waals surface area contributed by atoms with Crippen molar-refractivity contribution in [3.05, 3.63) is 82.8 Å². The van der Waals surface area contributed by atoms with Crippen LogP contribution >= 0.6 is 0 Å². The minimum atomic E-state index is -0.441. The van der Waals surface area contributed by atoms with Gasteiger partial charge in [-0.3, -0.25) is 0 Å². The zero-order valence-electron chi connectivity index (χ0n) is 15.2. The Kier molecular flexibility index (Phi) is 4.54. The molecule has 0 saturated carbocycles. The van der Waals surface area contributed by atoms with Crippen molar-refractivity contribution in [3.63, 3.8) is 0 Å². The Morgan fingerprint density at radius 3 is 2.78 bits per heavy atom. The van der Waals surface area contributed by atoms with Crippen molar-refractivity contribution < 1.29 is 9.13 Å². The molecule has 4 heterocycles. The van der Waals surface area contributed by atoms with Gasteiger partial charge in [0, 0.05) is 54.1 Å². The van der Waals surface area contributed by atoms with Crippen LogP contribution in [0, 0.1) is 12.9 Å². The predicted molar refractivity (Wildman–Crippen MR) is 101 cm³/mol. The average Bonchev–Trinajstić information content (AvgIpc) is 3.06. The lowest BCUT2D eigenvalue weighted by molar-refractivity contribution is 0.397. The molecule has 0 unspecified atom stereocenters. The molecule has 0 amide bonds. The van der Waals surface area contributed by atoms with Crippen molar-refractivity contribution in [2.75, 3.05) is 7.11 Å². The number of pyridine rings is 3. The summed E-state index contributed by atoms with van der Waals surface area (Å²) in [6.07, 6.45) is 6.35. The Hall–Kier alpha value is -3.28. The van der Waals surface area contributed by atoms with Gasteiger partial charge in [0.25, 0.3) is 0 Å². The maximum Gasteiger partial charge on any atom is 0.216 e. The highest BCUT2D eigenvalue weighted by Gasteiger charge is 2.11. The lowest BCUT2D eigenvalue weighted by Gasteiger charge is -2.07. The van der Waals surface area contributed by atoms with Gasteiger partial charge in [0.15, 0.2) is 0 Å². The van der Waals surface area contributed by atoms with Gasteiger partial charge in [0.05, 0.1) is 7.11 Å². The molecule has 0 fully saturated rings. The molecule has 136 valence electrons. The standard InChI is InChI=1S/C21H19FN4O/c1-13-7-18-16(12-25-21(18)24-11-13)10-15-3-4-17(26-20(15)22)8-14-5-6-23-19(9-14)27-2/h3-7,9,11-12H,8,10H2,1-2H3,(H,24,25). The van der Waals surface area contributed by atoms with Gasteiger partial charge in [0.1, 0.15) is 5.65 Å². The second kappa shape index (κ2) is 7.15. The third-order valence-electron chi connectivity index (χ3n) is 4.51. The highest BCUT2D eigenvalue weighted by Crippen LogP contribution is 2.22. The molecule has 4 aromatic rings. The average molecular weight is 362 g/mol. The molecule has 0 aliphatic carbocycles. The summed E-state index contributed by atoms with van der Waals surface area (Å²) < 4.78 is 19.7. The first-order valence-electron chi connectivity index (χ1n) is 8.68. The van der Waals surface area contributed by atoms with E-state index in [1.165, 1.54) is 0 Å². The summed E-state index contributed by atoms with van der Waals surface area (Å²) in [7, 11) is 1.57. The smallest absolute Gasteiger partial charge is 0.216 e. The molecule has 5 nitrogen and oxygen atoms in total. The van der Waals surface area contributed by atoms with Crippen molar-refractivity contribution in [3.8, 4) is 5.88 Å². The normalized spacial score (nSPS) is 11.1. The Balaban J connectivity index is 1.57. The first-order chi connectivity index (χ1) is 13.1. The molecule has 27 heavy (non-hydrogen) atoms. The largest absolute Gasteiger partial charge is 0.481 e. The van der Waals surface area contributed by atoms with Gasteiger partial charge in [0.2, 0.25) is 11.8 Å². The van der Waals surface area contributed by atoms with Crippen LogP contribution in [0.3, 0.4) is 0 Å². The second-order valence-electron chi connectivity index (χ2n) is 6.54. The van der Waals surface area contributed by atoms with Crippen LogP contribution in [0.15, 0.2) is 48.9 Å². The summed E-state index contributed by atoms with van der Waals surface area (Å²) in [4.78, 5) is 15.7. The number of fused-ring (bicyclic) bond motifs is 1. The molecule has 0 aliphatic heterocycles. The maximum absolute atomic E-state index is 14.6. The highest BCUT2D eigenvalue weighted by molar-refractivity contribution is 5.80. The minimum absolute atomic E-state index is 0.441. The van der Waals surface area contributed by atoms with Crippen molar-refractivity contribution in [2.45, 2.75) is 19.8 Å². The topological polar surface area (TPSA) is 63.7 Å². The van der Waals surface area contributed by atoms with E-state index in [2.05, 4.69) is 26.0 Å². The number of aromatic nitrogens is 4. The van der Waals surface area contributed by atoms with Crippen LogP contribution in [0.2, 0.25) is 0 Å². The van der Waals surface area contributed by atoms with E-state index in [9.17, 15) is 4.39 Å². The number of halogens is 1. The summed E-state index contributed by atoms with van der Waals surface area (Å²) in [5.41, 5.74) is 5.10. The van der Waals surface area contributed by atoms with Crippen LogP contribution in [-0.4, -0.2) is 27.0 Å². The number of aromatic amines is 1. The fourth-order valence-corrected chi connectivity index (χ4v) is 3.13. The molecule has 0 aromatic carbocycles. The van der Waals surface area contributed by atoms with Crippen molar-refractivity contribution >= 4 is 11.0 Å². The zero-order valence-corrected chi connectivity index (χ0v) is 15.2. The third kappa shape index (κ3) is 3.65. The van der Waals surface area contributed by atoms with E-state index in [0.29, 0.717) is 30.0 Å². The molecular formula is C21H19FN4O. The molecule has 0 spiro atoms. The first-order valence-corrected chi connectivity index (χ1v) is 8.68. The van der Waals surface area contributed by atoms with Crippen LogP contribution < -0.4 is 4.74 Å². The van der Waals surface area contributed by atoms with E-state index in [-0.39, 0.29) is 0 Å². The lowest BCUT2D eigenvalue weighted by Crippen LogP contribution is -2.01. The number of methoxy groups -OCH3 is 1. The molecule has 4 aromatic heterocycles. The number of nitrogens with one attached hydrogen (secondary N) is 1. The SMILES string of the molecule is COc1cc(Cc2ccc(Cc3c[nH]c4ncc(C)cc34)c(F)n2)ccn1. The highest BCUT2D eigenvalue weighted by atomic mass is 19.1.